The molecule has 0 saturated heterocycles. The van der Waals surface area contributed by atoms with E-state index in [0.717, 1.165) is 5.56 Å². The van der Waals surface area contributed by atoms with Crippen LogP contribution < -0.4 is 16.0 Å². The van der Waals surface area contributed by atoms with E-state index in [0.29, 0.717) is 61.9 Å². The van der Waals surface area contributed by atoms with Crippen molar-refractivity contribution in [3.63, 3.8) is 0 Å². The zero-order valence-electron chi connectivity index (χ0n) is 26.0. The fraction of sp³-hybridized carbons (Fsp3) is 0.500. The summed E-state index contributed by atoms with van der Waals surface area (Å²) in [6, 6.07) is 8.96. The summed E-state index contributed by atoms with van der Waals surface area (Å²) in [7, 11) is 1.55. The second-order valence-electron chi connectivity index (χ2n) is 11.4. The van der Waals surface area contributed by atoms with Gasteiger partial charge in [0.1, 0.15) is 21.4 Å². The molecule has 0 radical (unpaired) electrons. The lowest BCUT2D eigenvalue weighted by Gasteiger charge is -2.23. The zero-order valence-corrected chi connectivity index (χ0v) is 27.7. The number of aromatic nitrogens is 2. The van der Waals surface area contributed by atoms with Crippen molar-refractivity contribution in [2.24, 2.45) is 5.92 Å². The Morgan fingerprint density at radius 3 is 2.31 bits per heavy atom. The Balaban J connectivity index is 1.60. The molecule has 4 rings (SSSR count). The van der Waals surface area contributed by atoms with Crippen LogP contribution in [0.15, 0.2) is 41.1 Å². The maximum absolute atomic E-state index is 13.5. The third kappa shape index (κ3) is 10.4. The number of fused-ring (bicyclic) bond motifs is 4. The quantitative estimate of drug-likeness (QED) is 0.345. The maximum Gasteiger partial charge on any atom is 0.271 e. The number of carbonyl (C=O) groups excluding carboxylic acids is 4. The molecule has 0 fully saturated rings. The molecule has 3 N–H and O–H groups in total. The molecule has 2 aromatic heterocycles. The third-order valence-electron chi connectivity index (χ3n) is 7.33. The minimum atomic E-state index is -0.483. The standard InChI is InChI=1S/C32H42N6O5S2/c1-21(2)17-23-31-37-26(20-45-31)30(42)35-24(18-22-9-5-4-6-10-22)32-36-25(19-44-32)29(41)33-13-8-15-38(28(40)12-16-43-3)14-7-11-27(39)34-23/h4-6,9-10,19-21,23-24H,7-8,11-18H2,1-3H3,(H,33,41)(H,34,39)(H,35,42)/t23-,24-/m0/s1. The van der Waals surface area contributed by atoms with Crippen LogP contribution in [-0.4, -0.2) is 71.8 Å². The zero-order chi connectivity index (χ0) is 32.2. The number of rotatable bonds is 7. The van der Waals surface area contributed by atoms with Gasteiger partial charge in [-0.2, -0.15) is 0 Å². The van der Waals surface area contributed by atoms with Crippen LogP contribution in [0.3, 0.4) is 0 Å². The smallest absolute Gasteiger partial charge is 0.271 e. The molecule has 1 aliphatic heterocycles. The average Bonchev–Trinajstić information content (AvgIpc) is 3.71. The van der Waals surface area contributed by atoms with Crippen molar-refractivity contribution in [2.75, 3.05) is 33.4 Å². The lowest BCUT2D eigenvalue weighted by Crippen LogP contribution is -2.36. The first kappa shape index (κ1) is 34.2. The molecule has 11 nitrogen and oxygen atoms in total. The van der Waals surface area contributed by atoms with Gasteiger partial charge in [-0.25, -0.2) is 9.97 Å². The van der Waals surface area contributed by atoms with Crippen molar-refractivity contribution >= 4 is 46.3 Å². The molecule has 0 saturated carbocycles. The van der Waals surface area contributed by atoms with Gasteiger partial charge in [0.05, 0.1) is 25.1 Å². The first-order chi connectivity index (χ1) is 21.7. The van der Waals surface area contributed by atoms with Crippen LogP contribution in [0.2, 0.25) is 0 Å². The number of hydrogen-bond donors (Lipinski definition) is 3. The van der Waals surface area contributed by atoms with Gasteiger partial charge in [0.15, 0.2) is 0 Å². The van der Waals surface area contributed by atoms with Crippen LogP contribution in [-0.2, 0) is 20.7 Å². The second kappa shape index (κ2) is 17.1. The number of thiazole rings is 2. The van der Waals surface area contributed by atoms with Gasteiger partial charge >= 0.3 is 0 Å². The van der Waals surface area contributed by atoms with Gasteiger partial charge in [0.25, 0.3) is 11.8 Å². The highest BCUT2D eigenvalue weighted by Crippen LogP contribution is 2.27. The van der Waals surface area contributed by atoms with E-state index in [-0.39, 0.29) is 59.8 Å². The molecule has 4 bridgehead atoms. The van der Waals surface area contributed by atoms with Crippen molar-refractivity contribution < 1.29 is 23.9 Å². The Morgan fingerprint density at radius 1 is 0.956 bits per heavy atom. The van der Waals surface area contributed by atoms with Gasteiger partial charge in [0.2, 0.25) is 11.8 Å². The number of amides is 4. The molecule has 0 aliphatic carbocycles. The van der Waals surface area contributed by atoms with Crippen LogP contribution in [0.4, 0.5) is 0 Å². The van der Waals surface area contributed by atoms with Crippen LogP contribution in [0.1, 0.15) is 94.6 Å². The molecule has 242 valence electrons. The molecule has 1 aromatic carbocycles. The Kier molecular flexibility index (Phi) is 13.0. The van der Waals surface area contributed by atoms with E-state index in [9.17, 15) is 19.2 Å². The van der Waals surface area contributed by atoms with Crippen LogP contribution in [0.25, 0.3) is 0 Å². The Labute approximate surface area is 272 Å². The first-order valence-electron chi connectivity index (χ1n) is 15.3. The molecule has 0 unspecified atom stereocenters. The van der Waals surface area contributed by atoms with Crippen molar-refractivity contribution in [2.45, 2.75) is 64.5 Å². The number of nitrogens with one attached hydrogen (secondary N) is 3. The highest BCUT2D eigenvalue weighted by molar-refractivity contribution is 7.10. The molecule has 1 aliphatic rings. The van der Waals surface area contributed by atoms with Crippen molar-refractivity contribution in [1.29, 1.82) is 0 Å². The number of methoxy groups -OCH3 is 1. The van der Waals surface area contributed by atoms with E-state index in [1.54, 1.807) is 22.8 Å². The van der Waals surface area contributed by atoms with Crippen LogP contribution in [0, 0.1) is 5.92 Å². The SMILES string of the molecule is COCCC(=O)N1CCCNC(=O)c2csc(n2)[C@H](Cc2ccccc2)NC(=O)c2csc(n2)[C@H](CC(C)C)NC(=O)CCC1. The van der Waals surface area contributed by atoms with Crippen molar-refractivity contribution in [1.82, 2.24) is 30.8 Å². The fourth-order valence-electron chi connectivity index (χ4n) is 5.05. The highest BCUT2D eigenvalue weighted by atomic mass is 32.1. The summed E-state index contributed by atoms with van der Waals surface area (Å²) in [5, 5.41) is 13.8. The fourth-order valence-corrected chi connectivity index (χ4v) is 6.76. The number of hydrogen-bond acceptors (Lipinski definition) is 9. The summed E-state index contributed by atoms with van der Waals surface area (Å²) in [5.74, 6) is -0.571. The van der Waals surface area contributed by atoms with E-state index >= 15 is 0 Å². The number of ether oxygens (including phenoxy) is 1. The monoisotopic (exact) mass is 654 g/mol. The van der Waals surface area contributed by atoms with E-state index in [1.807, 2.05) is 30.3 Å². The normalized spacial score (nSPS) is 18.9. The molecule has 13 heteroatoms. The summed E-state index contributed by atoms with van der Waals surface area (Å²) in [5.41, 5.74) is 1.55. The summed E-state index contributed by atoms with van der Waals surface area (Å²) in [6.07, 6.45) is 2.67. The summed E-state index contributed by atoms with van der Waals surface area (Å²) < 4.78 is 5.09. The van der Waals surface area contributed by atoms with Crippen LogP contribution in [0.5, 0.6) is 0 Å². The summed E-state index contributed by atoms with van der Waals surface area (Å²) in [4.78, 5) is 63.3. The molecule has 45 heavy (non-hydrogen) atoms. The molecular weight excluding hydrogens is 613 g/mol. The second-order valence-corrected chi connectivity index (χ2v) is 13.2. The molecule has 0 spiro atoms. The minimum Gasteiger partial charge on any atom is -0.384 e. The van der Waals surface area contributed by atoms with Gasteiger partial charge in [-0.1, -0.05) is 44.2 Å². The predicted octanol–water partition coefficient (Wildman–Crippen LogP) is 4.30. The highest BCUT2D eigenvalue weighted by Gasteiger charge is 2.25. The van der Waals surface area contributed by atoms with Gasteiger partial charge in [0, 0.05) is 43.9 Å². The maximum atomic E-state index is 13.5. The molecule has 2 atom stereocenters. The van der Waals surface area contributed by atoms with E-state index in [1.165, 1.54) is 22.7 Å². The van der Waals surface area contributed by atoms with Crippen molar-refractivity contribution in [3.8, 4) is 0 Å². The lowest BCUT2D eigenvalue weighted by molar-refractivity contribution is -0.132. The lowest BCUT2D eigenvalue weighted by atomic mass is 10.0. The largest absolute Gasteiger partial charge is 0.384 e. The molecule has 4 amide bonds. The van der Waals surface area contributed by atoms with Crippen LogP contribution >= 0.6 is 22.7 Å². The summed E-state index contributed by atoms with van der Waals surface area (Å²) >= 11 is 2.66. The van der Waals surface area contributed by atoms with Gasteiger partial charge in [-0.05, 0) is 37.2 Å². The van der Waals surface area contributed by atoms with Gasteiger partial charge in [-0.3, -0.25) is 19.2 Å². The topological polar surface area (TPSA) is 143 Å². The minimum absolute atomic E-state index is 0.0549. The number of benzene rings is 1. The Bertz CT molecular complexity index is 1430. The number of nitrogens with zero attached hydrogens (tertiary/aromatic N) is 3. The Hall–Kier alpha value is -3.68. The van der Waals surface area contributed by atoms with E-state index in [2.05, 4.69) is 39.8 Å². The van der Waals surface area contributed by atoms with E-state index in [4.69, 9.17) is 4.74 Å². The molecular formula is C32H42N6O5S2. The number of carbonyl (C=O) groups is 4. The van der Waals surface area contributed by atoms with Gasteiger partial charge in [-0.15, -0.1) is 22.7 Å². The van der Waals surface area contributed by atoms with Gasteiger partial charge < -0.3 is 25.6 Å². The average molecular weight is 655 g/mol. The first-order valence-corrected chi connectivity index (χ1v) is 17.1. The molecule has 3 aromatic rings. The molecule has 3 heterocycles. The van der Waals surface area contributed by atoms with E-state index < -0.39 is 6.04 Å². The third-order valence-corrected chi connectivity index (χ3v) is 9.25. The Morgan fingerprint density at radius 2 is 1.62 bits per heavy atom. The summed E-state index contributed by atoms with van der Waals surface area (Å²) in [6.45, 7) is 5.68. The predicted molar refractivity (Wildman–Crippen MR) is 174 cm³/mol. The van der Waals surface area contributed by atoms with Crippen molar-refractivity contribution in [3.05, 3.63) is 68.1 Å².